The average molecular weight is 809 g/mol. The molecular formula is C37H52N4O8S4. The molecule has 0 N–H and O–H groups in total. The second-order valence-electron chi connectivity index (χ2n) is 14.3. The lowest BCUT2D eigenvalue weighted by atomic mass is 10.0. The molecule has 0 bridgehead atoms. The summed E-state index contributed by atoms with van der Waals surface area (Å²) < 4.78 is 102. The van der Waals surface area contributed by atoms with Gasteiger partial charge in [-0.05, 0) is 60.8 Å². The van der Waals surface area contributed by atoms with Crippen LogP contribution in [0.4, 0.5) is 0 Å². The summed E-state index contributed by atoms with van der Waals surface area (Å²) in [5, 5.41) is -2.36. The summed E-state index contributed by atoms with van der Waals surface area (Å²) in [7, 11) is -20.5. The number of sulfone groups is 4. The number of fused-ring (bicyclic) bond motifs is 3. The topological polar surface area (TPSA) is 209 Å². The van der Waals surface area contributed by atoms with Crippen molar-refractivity contribution >= 4 is 48.1 Å². The van der Waals surface area contributed by atoms with E-state index in [0.29, 0.717) is 38.5 Å². The Morgan fingerprint density at radius 1 is 0.585 bits per heavy atom. The molecule has 2 saturated carbocycles. The van der Waals surface area contributed by atoms with Gasteiger partial charge in [-0.2, -0.15) is 0 Å². The first-order valence-electron chi connectivity index (χ1n) is 18.8. The van der Waals surface area contributed by atoms with E-state index in [-0.39, 0.29) is 32.1 Å². The third kappa shape index (κ3) is 10.0. The summed E-state index contributed by atoms with van der Waals surface area (Å²) in [6.45, 7) is 2.05. The molecule has 0 heterocycles. The summed E-state index contributed by atoms with van der Waals surface area (Å²) in [4.78, 5) is 5.16. The molecule has 0 amide bonds. The van der Waals surface area contributed by atoms with Gasteiger partial charge in [-0.1, -0.05) is 139 Å². The van der Waals surface area contributed by atoms with Crippen molar-refractivity contribution in [3.05, 3.63) is 70.7 Å². The highest BCUT2D eigenvalue weighted by atomic mass is 32.3. The summed E-state index contributed by atoms with van der Waals surface area (Å²) in [6.07, 6.45) is 9.30. The third-order valence-electron chi connectivity index (χ3n) is 10.6. The standard InChI is InChI=1S/C24H42N4O8S4.C13H10/c1-2-3-4-5-6-7-14-19-22(39(33,34)23(27-25)37(29,30)20-15-10-8-11-16-20)40(35,36)24(28-26)38(31,32)21-17-12-9-13-18-21;1-3-7-12-10(5-1)9-11-6-2-4-8-13(11)12/h20-22H,2-19H2,1H3;1-8H,9H2. The Morgan fingerprint density at radius 2 is 0.962 bits per heavy atom. The van der Waals surface area contributed by atoms with Crippen LogP contribution in [-0.4, -0.2) is 67.1 Å². The number of unbranched alkanes of at least 4 members (excludes halogenated alkanes) is 6. The van der Waals surface area contributed by atoms with Crippen LogP contribution >= 0.6 is 0 Å². The van der Waals surface area contributed by atoms with Crippen LogP contribution in [0.25, 0.3) is 22.2 Å². The van der Waals surface area contributed by atoms with Crippen molar-refractivity contribution in [3.8, 4) is 11.1 Å². The summed E-state index contributed by atoms with van der Waals surface area (Å²) in [5.74, 6) is 0. The maximum atomic E-state index is 13.7. The van der Waals surface area contributed by atoms with Gasteiger partial charge >= 0.3 is 8.75 Å². The lowest BCUT2D eigenvalue weighted by Crippen LogP contribution is -2.47. The van der Waals surface area contributed by atoms with E-state index in [9.17, 15) is 44.7 Å². The maximum absolute atomic E-state index is 13.7. The first kappa shape index (κ1) is 42.7. The van der Waals surface area contributed by atoms with Crippen molar-refractivity contribution in [1.82, 2.24) is 0 Å². The molecule has 2 aromatic rings. The van der Waals surface area contributed by atoms with Gasteiger partial charge in [0.25, 0.3) is 39.3 Å². The Bertz CT molecular complexity index is 1980. The van der Waals surface area contributed by atoms with Crippen molar-refractivity contribution in [3.63, 3.8) is 0 Å². The van der Waals surface area contributed by atoms with E-state index in [1.54, 1.807) is 0 Å². The van der Waals surface area contributed by atoms with Crippen LogP contribution in [-0.2, 0) is 45.8 Å². The minimum atomic E-state index is -5.46. The normalized spacial score (nSPS) is 17.3. The highest BCUT2D eigenvalue weighted by Crippen LogP contribution is 2.36. The van der Waals surface area contributed by atoms with Gasteiger partial charge in [-0.3, -0.25) is 0 Å². The molecule has 0 aromatic heterocycles. The molecule has 0 unspecified atom stereocenters. The van der Waals surface area contributed by atoms with E-state index in [1.165, 1.54) is 22.3 Å². The number of hydrogen-bond acceptors (Lipinski definition) is 8. The first-order valence-corrected chi connectivity index (χ1v) is 25.0. The number of hydrogen-bond donors (Lipinski definition) is 0. The van der Waals surface area contributed by atoms with E-state index < -0.39 is 69.6 Å². The van der Waals surface area contributed by atoms with E-state index in [4.69, 9.17) is 0 Å². The van der Waals surface area contributed by atoms with Crippen LogP contribution in [0.15, 0.2) is 48.5 Å². The van der Waals surface area contributed by atoms with Crippen LogP contribution in [0.2, 0.25) is 0 Å². The van der Waals surface area contributed by atoms with E-state index >= 15 is 0 Å². The van der Waals surface area contributed by atoms with E-state index in [0.717, 1.165) is 44.9 Å². The molecule has 5 rings (SSSR count). The van der Waals surface area contributed by atoms with Gasteiger partial charge in [0.05, 0.1) is 10.5 Å². The predicted molar refractivity (Wildman–Crippen MR) is 208 cm³/mol. The molecule has 2 fully saturated rings. The Hall–Kier alpha value is -3.00. The van der Waals surface area contributed by atoms with Crippen LogP contribution in [0.1, 0.15) is 134 Å². The molecule has 0 spiro atoms. The molecule has 53 heavy (non-hydrogen) atoms. The van der Waals surface area contributed by atoms with Crippen molar-refractivity contribution < 1.29 is 43.3 Å². The van der Waals surface area contributed by atoms with E-state index in [1.807, 2.05) is 6.92 Å². The quantitative estimate of drug-likeness (QED) is 0.0599. The molecule has 0 aliphatic heterocycles. The molecule has 0 radical (unpaired) electrons. The minimum Gasteiger partial charge on any atom is -0.359 e. The van der Waals surface area contributed by atoms with Crippen molar-refractivity contribution in [2.24, 2.45) is 0 Å². The Kier molecular flexibility index (Phi) is 15.4. The first-order chi connectivity index (χ1) is 25.2. The Balaban J connectivity index is 0.000000395. The van der Waals surface area contributed by atoms with Crippen LogP contribution in [0.5, 0.6) is 0 Å². The Morgan fingerprint density at radius 3 is 1.36 bits per heavy atom. The van der Waals surface area contributed by atoms with Crippen LogP contribution in [0, 0.1) is 0 Å². The summed E-state index contributed by atoms with van der Waals surface area (Å²) in [6, 6.07) is 17.3. The second-order valence-corrected chi connectivity index (χ2v) is 23.5. The zero-order valence-corrected chi connectivity index (χ0v) is 33.7. The van der Waals surface area contributed by atoms with Crippen molar-refractivity contribution in [2.45, 2.75) is 144 Å². The molecule has 2 aromatic carbocycles. The largest absolute Gasteiger partial charge is 0.496 e. The van der Waals surface area contributed by atoms with E-state index in [2.05, 4.69) is 58.1 Å². The number of nitrogens with zero attached hydrogens (tertiary/aromatic N) is 4. The van der Waals surface area contributed by atoms with Gasteiger partial charge < -0.3 is 11.1 Å². The zero-order chi connectivity index (χ0) is 38.7. The monoisotopic (exact) mass is 808 g/mol. The summed E-state index contributed by atoms with van der Waals surface area (Å²) in [5.41, 5.74) is 25.0. The smallest absolute Gasteiger partial charge is 0.359 e. The summed E-state index contributed by atoms with van der Waals surface area (Å²) >= 11 is 0. The highest BCUT2D eigenvalue weighted by molar-refractivity contribution is 8.40. The van der Waals surface area contributed by atoms with Gasteiger partial charge in [0.1, 0.15) is 0 Å². The number of benzene rings is 2. The predicted octanol–water partition coefficient (Wildman–Crippen LogP) is 7.21. The van der Waals surface area contributed by atoms with Crippen molar-refractivity contribution in [2.75, 3.05) is 0 Å². The molecule has 0 atom stereocenters. The zero-order valence-electron chi connectivity index (χ0n) is 30.5. The molecule has 3 aliphatic rings. The molecule has 3 aliphatic carbocycles. The maximum Gasteiger partial charge on any atom is 0.496 e. The SMILES string of the molecule is CCCCCCCCCC(S(=O)(=O)C(=[N+]=[N-])S(=O)(=O)C1CCCCC1)S(=O)(=O)C(=[N+]=[N-])S(=O)(=O)C1CCCCC1.c1ccc2c(c1)Cc1ccccc1-2. The fraction of sp³-hybridized carbons (Fsp3) is 0.622. The van der Waals surface area contributed by atoms with Crippen LogP contribution in [0.3, 0.4) is 0 Å². The molecule has 16 heteroatoms. The third-order valence-corrected chi connectivity index (χ3v) is 21.7. The van der Waals surface area contributed by atoms with Gasteiger partial charge in [-0.25, -0.2) is 33.7 Å². The molecular weight excluding hydrogens is 757 g/mol. The molecule has 0 saturated heterocycles. The second kappa shape index (κ2) is 19.0. The fourth-order valence-electron chi connectivity index (χ4n) is 7.64. The highest BCUT2D eigenvalue weighted by Gasteiger charge is 2.59. The number of rotatable bonds is 12. The molecule has 12 nitrogen and oxygen atoms in total. The Labute approximate surface area is 315 Å². The van der Waals surface area contributed by atoms with Gasteiger partial charge in [0, 0.05) is 0 Å². The van der Waals surface area contributed by atoms with Gasteiger partial charge in [0.2, 0.25) is 0 Å². The lowest BCUT2D eigenvalue weighted by molar-refractivity contribution is 0.00366. The average Bonchev–Trinajstić information content (AvgIpc) is 3.52. The van der Waals surface area contributed by atoms with Gasteiger partial charge in [0.15, 0.2) is 4.58 Å². The van der Waals surface area contributed by atoms with Crippen molar-refractivity contribution in [1.29, 1.82) is 0 Å². The lowest BCUT2D eigenvalue weighted by Gasteiger charge is -2.22. The molecule has 292 valence electrons. The van der Waals surface area contributed by atoms with Gasteiger partial charge in [-0.15, -0.1) is 9.58 Å². The fourth-order valence-corrected chi connectivity index (χ4v) is 18.3. The van der Waals surface area contributed by atoms with Crippen LogP contribution < -0.4 is 0 Å². The minimum absolute atomic E-state index is 0.0135.